The van der Waals surface area contributed by atoms with Crippen LogP contribution in [-0.4, -0.2) is 58.8 Å². The third kappa shape index (κ3) is 7.09. The van der Waals surface area contributed by atoms with Crippen molar-refractivity contribution in [3.05, 3.63) is 11.6 Å². The fourth-order valence-electron chi connectivity index (χ4n) is 1.75. The summed E-state index contributed by atoms with van der Waals surface area (Å²) in [6.07, 6.45) is 0. The molecule has 0 saturated heterocycles. The number of tetrazole rings is 2. The molecule has 2 aromatic heterocycles. The number of aromatic amines is 1. The predicted octanol–water partition coefficient (Wildman–Crippen LogP) is 0.567. The summed E-state index contributed by atoms with van der Waals surface area (Å²) >= 11 is 0. The van der Waals surface area contributed by atoms with Crippen LogP contribution in [0.5, 0.6) is 0 Å². The molecule has 3 rings (SSSR count). The minimum absolute atomic E-state index is 0.369. The molecule has 0 aromatic carbocycles. The first-order chi connectivity index (χ1) is 12.2. The Morgan fingerprint density at radius 3 is 1.81 bits per heavy atom. The van der Waals surface area contributed by atoms with E-state index in [-0.39, 0.29) is 0 Å². The standard InChI is InChI=1S/C5H10N4.C5H12N4.C4H8N4/c1-4(2)5-6-7-8-9(5)3;1-4(2)5-6-8-9(3)7-5;1-3(2)4-5-7-8-6-4/h4H,1-3H3;4,8H,1-3H3,(H,6,7);3H,1-2H3,(H,5,6,7,8). The minimum Gasteiger partial charge on any atom is -0.286 e. The number of nitrogens with zero attached hydrogens (tertiary/aromatic N) is 9. The molecule has 146 valence electrons. The highest BCUT2D eigenvalue weighted by Crippen LogP contribution is 2.06. The van der Waals surface area contributed by atoms with Crippen LogP contribution < -0.4 is 11.0 Å². The smallest absolute Gasteiger partial charge is 0.177 e. The number of amidine groups is 1. The first-order valence-electron chi connectivity index (χ1n) is 8.51. The van der Waals surface area contributed by atoms with Gasteiger partial charge in [0.25, 0.3) is 0 Å². The molecule has 0 atom stereocenters. The van der Waals surface area contributed by atoms with E-state index in [1.54, 1.807) is 9.80 Å². The molecular formula is C14H30N12. The first kappa shape index (κ1) is 21.4. The molecule has 1 aliphatic heterocycles. The molecule has 3 N–H and O–H groups in total. The molecule has 0 unspecified atom stereocenters. The Morgan fingerprint density at radius 2 is 1.58 bits per heavy atom. The number of hydrazine groups is 2. The highest BCUT2D eigenvalue weighted by atomic mass is 15.9. The molecule has 0 bridgehead atoms. The van der Waals surface area contributed by atoms with E-state index in [9.17, 15) is 0 Å². The summed E-state index contributed by atoms with van der Waals surface area (Å²) in [5.74, 6) is 3.92. The van der Waals surface area contributed by atoms with E-state index in [0.29, 0.717) is 17.8 Å². The van der Waals surface area contributed by atoms with Crippen LogP contribution >= 0.6 is 0 Å². The van der Waals surface area contributed by atoms with Crippen molar-refractivity contribution in [3.8, 4) is 0 Å². The van der Waals surface area contributed by atoms with Gasteiger partial charge in [-0.2, -0.15) is 5.21 Å². The number of hydrogen-bond acceptors (Lipinski definition) is 10. The van der Waals surface area contributed by atoms with Crippen molar-refractivity contribution in [2.75, 3.05) is 7.05 Å². The zero-order valence-corrected chi connectivity index (χ0v) is 16.8. The highest BCUT2D eigenvalue weighted by Gasteiger charge is 2.12. The lowest BCUT2D eigenvalue weighted by molar-refractivity contribution is 0.230. The van der Waals surface area contributed by atoms with Crippen molar-refractivity contribution in [2.45, 2.75) is 53.4 Å². The number of hydrogen-bond donors (Lipinski definition) is 3. The summed E-state index contributed by atoms with van der Waals surface area (Å²) in [6.45, 7) is 12.3. The number of nitrogens with one attached hydrogen (secondary N) is 3. The van der Waals surface area contributed by atoms with Gasteiger partial charge in [0.05, 0.1) is 0 Å². The van der Waals surface area contributed by atoms with Crippen molar-refractivity contribution < 1.29 is 0 Å². The second-order valence-corrected chi connectivity index (χ2v) is 6.66. The van der Waals surface area contributed by atoms with Gasteiger partial charge >= 0.3 is 0 Å². The van der Waals surface area contributed by atoms with E-state index < -0.39 is 0 Å². The molecule has 0 spiro atoms. The molecule has 0 fully saturated rings. The molecule has 0 aliphatic carbocycles. The maximum absolute atomic E-state index is 4.00. The van der Waals surface area contributed by atoms with Gasteiger partial charge in [0.1, 0.15) is 5.84 Å². The van der Waals surface area contributed by atoms with Crippen molar-refractivity contribution >= 4 is 5.84 Å². The summed E-state index contributed by atoms with van der Waals surface area (Å²) in [4.78, 5) is 0. The third-order valence-electron chi connectivity index (χ3n) is 3.20. The van der Waals surface area contributed by atoms with Crippen LogP contribution in [-0.2, 0) is 7.05 Å². The highest BCUT2D eigenvalue weighted by molar-refractivity contribution is 5.83. The lowest BCUT2D eigenvalue weighted by Crippen LogP contribution is -2.38. The van der Waals surface area contributed by atoms with Crippen molar-refractivity contribution in [1.29, 1.82) is 0 Å². The van der Waals surface area contributed by atoms with E-state index in [0.717, 1.165) is 17.5 Å². The number of aromatic nitrogens is 8. The fourth-order valence-corrected chi connectivity index (χ4v) is 1.75. The van der Waals surface area contributed by atoms with Crippen LogP contribution in [0.25, 0.3) is 0 Å². The molecule has 12 nitrogen and oxygen atoms in total. The van der Waals surface area contributed by atoms with Gasteiger partial charge in [0.15, 0.2) is 11.6 Å². The topological polar surface area (TPSA) is 138 Å². The van der Waals surface area contributed by atoms with Crippen molar-refractivity contribution in [3.63, 3.8) is 0 Å². The van der Waals surface area contributed by atoms with Crippen molar-refractivity contribution in [2.24, 2.45) is 18.1 Å². The Kier molecular flexibility index (Phi) is 8.55. The van der Waals surface area contributed by atoms with Gasteiger partial charge in [-0.3, -0.25) is 5.43 Å². The third-order valence-corrected chi connectivity index (χ3v) is 3.20. The Hall–Kier alpha value is -2.63. The fraction of sp³-hybridized carbons (Fsp3) is 0.786. The van der Waals surface area contributed by atoms with Gasteiger partial charge in [-0.05, 0) is 10.4 Å². The van der Waals surface area contributed by atoms with E-state index >= 15 is 0 Å². The summed E-state index contributed by atoms with van der Waals surface area (Å²) in [5.41, 5.74) is 5.79. The molecule has 0 amide bonds. The summed E-state index contributed by atoms with van der Waals surface area (Å²) in [7, 11) is 3.72. The largest absolute Gasteiger partial charge is 0.286 e. The molecule has 26 heavy (non-hydrogen) atoms. The summed E-state index contributed by atoms with van der Waals surface area (Å²) in [5, 5.41) is 30.1. The van der Waals surface area contributed by atoms with Gasteiger partial charge < -0.3 is 0 Å². The molecular weight excluding hydrogens is 336 g/mol. The van der Waals surface area contributed by atoms with Gasteiger partial charge in [-0.1, -0.05) is 46.8 Å². The second-order valence-electron chi connectivity index (χ2n) is 6.66. The maximum atomic E-state index is 4.00. The lowest BCUT2D eigenvalue weighted by atomic mass is 10.2. The Morgan fingerprint density at radius 1 is 0.885 bits per heavy atom. The van der Waals surface area contributed by atoms with E-state index in [1.165, 1.54) is 0 Å². The molecule has 0 saturated carbocycles. The van der Waals surface area contributed by atoms with Gasteiger partial charge in [-0.25, -0.2) is 10.2 Å². The molecule has 1 aliphatic rings. The Balaban J connectivity index is 0.000000195. The zero-order chi connectivity index (χ0) is 19.7. The molecule has 3 heterocycles. The Labute approximate surface area is 153 Å². The van der Waals surface area contributed by atoms with Gasteiger partial charge in [-0.15, -0.1) is 25.5 Å². The maximum Gasteiger partial charge on any atom is 0.177 e. The Bertz CT molecular complexity index is 643. The second kappa shape index (κ2) is 10.4. The first-order valence-corrected chi connectivity index (χ1v) is 8.51. The zero-order valence-electron chi connectivity index (χ0n) is 16.8. The van der Waals surface area contributed by atoms with Crippen LogP contribution in [0, 0.1) is 5.92 Å². The summed E-state index contributed by atoms with van der Waals surface area (Å²) in [6, 6.07) is 0. The number of H-pyrrole nitrogens is 1. The van der Waals surface area contributed by atoms with Crippen molar-refractivity contribution in [1.82, 2.24) is 56.9 Å². The average molecular weight is 366 g/mol. The minimum atomic E-state index is 0.369. The van der Waals surface area contributed by atoms with Crippen LogP contribution in [0.4, 0.5) is 0 Å². The monoisotopic (exact) mass is 366 g/mol. The van der Waals surface area contributed by atoms with Gasteiger partial charge in [0.2, 0.25) is 0 Å². The average Bonchev–Trinajstić information content (AvgIpc) is 3.28. The van der Waals surface area contributed by atoms with Gasteiger partial charge in [0, 0.05) is 31.8 Å². The van der Waals surface area contributed by atoms with Crippen LogP contribution in [0.2, 0.25) is 0 Å². The number of hydrazone groups is 1. The number of rotatable bonds is 3. The lowest BCUT2D eigenvalue weighted by Gasteiger charge is -2.09. The van der Waals surface area contributed by atoms with E-state index in [2.05, 4.69) is 79.9 Å². The molecule has 12 heteroatoms. The van der Waals surface area contributed by atoms with E-state index in [4.69, 9.17) is 0 Å². The SMILES string of the molecule is CC(C)C1=NNN(C)N1.CC(C)c1nn[nH]n1.CC(C)c1nnnn1C. The van der Waals surface area contributed by atoms with Crippen LogP contribution in [0.15, 0.2) is 5.10 Å². The quantitative estimate of drug-likeness (QED) is 0.711. The molecule has 0 radical (unpaired) electrons. The number of aryl methyl sites for hydroxylation is 1. The van der Waals surface area contributed by atoms with E-state index in [1.807, 2.05) is 27.9 Å². The normalized spacial score (nSPS) is 13.6. The molecule has 2 aromatic rings. The van der Waals surface area contributed by atoms with Crippen LogP contribution in [0.1, 0.15) is 65.0 Å². The van der Waals surface area contributed by atoms with Crippen LogP contribution in [0.3, 0.4) is 0 Å². The predicted molar refractivity (Wildman–Crippen MR) is 97.5 cm³/mol. The summed E-state index contributed by atoms with van der Waals surface area (Å²) < 4.78 is 1.69.